The number of esters is 1. The van der Waals surface area contributed by atoms with Crippen molar-refractivity contribution in [3.63, 3.8) is 0 Å². The number of ether oxygens (including phenoxy) is 1. The number of para-hydroxylation sites is 2. The zero-order valence-electron chi connectivity index (χ0n) is 18.3. The first-order valence-corrected chi connectivity index (χ1v) is 10.6. The van der Waals surface area contributed by atoms with Gasteiger partial charge in [0.25, 0.3) is 5.91 Å². The molecule has 0 bridgehead atoms. The Balaban J connectivity index is 1.87. The molecule has 4 rings (SSSR count). The van der Waals surface area contributed by atoms with Gasteiger partial charge in [-0.25, -0.2) is 4.79 Å². The summed E-state index contributed by atoms with van der Waals surface area (Å²) in [6, 6.07) is 19.1. The number of hydrogen-bond acceptors (Lipinski definition) is 3. The van der Waals surface area contributed by atoms with Crippen LogP contribution in [0.4, 0.5) is 5.69 Å². The number of hydrogen-bond donors (Lipinski definition) is 0. The maximum Gasteiger partial charge on any atom is 0.340 e. The molecule has 0 aliphatic carbocycles. The number of aromatic nitrogens is 1. The van der Waals surface area contributed by atoms with Crippen LogP contribution in [0.3, 0.4) is 0 Å². The van der Waals surface area contributed by atoms with Gasteiger partial charge in [-0.15, -0.1) is 0 Å². The van der Waals surface area contributed by atoms with E-state index in [9.17, 15) is 9.59 Å². The molecule has 0 saturated carbocycles. The molecule has 0 spiro atoms. The lowest BCUT2D eigenvalue weighted by Crippen LogP contribution is -2.24. The minimum absolute atomic E-state index is 0.238. The van der Waals surface area contributed by atoms with E-state index >= 15 is 0 Å². The molecule has 0 saturated heterocycles. The molecule has 1 aromatic heterocycles. The van der Waals surface area contributed by atoms with Crippen molar-refractivity contribution in [1.29, 1.82) is 0 Å². The van der Waals surface area contributed by atoms with Crippen molar-refractivity contribution in [2.75, 3.05) is 12.0 Å². The molecule has 5 nitrogen and oxygen atoms in total. The van der Waals surface area contributed by atoms with E-state index < -0.39 is 5.97 Å². The van der Waals surface area contributed by atoms with Crippen LogP contribution in [0.2, 0.25) is 5.02 Å². The van der Waals surface area contributed by atoms with Crippen LogP contribution in [-0.2, 0) is 14.3 Å². The fourth-order valence-corrected chi connectivity index (χ4v) is 4.39. The molecule has 1 aliphatic rings. The van der Waals surface area contributed by atoms with Gasteiger partial charge >= 0.3 is 5.97 Å². The first-order chi connectivity index (χ1) is 15.3. The van der Waals surface area contributed by atoms with Gasteiger partial charge in [0.05, 0.1) is 29.0 Å². The fraction of sp³-hybridized carbons (Fsp3) is 0.154. The van der Waals surface area contributed by atoms with E-state index in [2.05, 4.69) is 4.57 Å². The molecule has 2 aromatic carbocycles. The number of aryl methyl sites for hydroxylation is 1. The Hall–Kier alpha value is -3.57. The highest BCUT2D eigenvalue weighted by Crippen LogP contribution is 2.38. The summed E-state index contributed by atoms with van der Waals surface area (Å²) < 4.78 is 7.13. The molecular formula is C26H23ClN2O3. The third kappa shape index (κ3) is 3.55. The summed E-state index contributed by atoms with van der Waals surface area (Å²) in [6.07, 6.45) is 1.76. The predicted molar refractivity (Wildman–Crippen MR) is 127 cm³/mol. The minimum atomic E-state index is -0.562. The zero-order chi connectivity index (χ0) is 23.0. The number of amides is 1. The highest BCUT2D eigenvalue weighted by Gasteiger charge is 2.38. The summed E-state index contributed by atoms with van der Waals surface area (Å²) in [6.45, 7) is 5.73. The van der Waals surface area contributed by atoms with Gasteiger partial charge < -0.3 is 9.30 Å². The van der Waals surface area contributed by atoms with E-state index in [4.69, 9.17) is 16.3 Å². The monoisotopic (exact) mass is 446 g/mol. The van der Waals surface area contributed by atoms with Crippen LogP contribution in [0.15, 0.2) is 77.5 Å². The molecule has 32 heavy (non-hydrogen) atoms. The van der Waals surface area contributed by atoms with Gasteiger partial charge in [-0.3, -0.25) is 9.69 Å². The maximum atomic E-state index is 13.5. The molecule has 0 unspecified atom stereocenters. The van der Waals surface area contributed by atoms with Gasteiger partial charge in [-0.2, -0.15) is 0 Å². The number of benzene rings is 2. The molecule has 0 fully saturated rings. The quantitative estimate of drug-likeness (QED) is 0.386. The Bertz CT molecular complexity index is 1290. The predicted octanol–water partition coefficient (Wildman–Crippen LogP) is 5.62. The summed E-state index contributed by atoms with van der Waals surface area (Å²) in [5.41, 5.74) is 5.40. The zero-order valence-corrected chi connectivity index (χ0v) is 19.1. The van der Waals surface area contributed by atoms with Crippen molar-refractivity contribution in [3.8, 4) is 5.69 Å². The highest BCUT2D eigenvalue weighted by molar-refractivity contribution is 6.35. The molecule has 1 aliphatic heterocycles. The maximum absolute atomic E-state index is 13.5. The normalized spacial score (nSPS) is 15.1. The smallest absolute Gasteiger partial charge is 0.340 e. The summed E-state index contributed by atoms with van der Waals surface area (Å²) in [5, 5.41) is 0.424. The van der Waals surface area contributed by atoms with Crippen molar-refractivity contribution in [1.82, 2.24) is 4.57 Å². The third-order valence-electron chi connectivity index (χ3n) is 5.67. The van der Waals surface area contributed by atoms with Crippen LogP contribution in [0.5, 0.6) is 0 Å². The number of halogens is 1. The molecule has 6 heteroatoms. The second-order valence-electron chi connectivity index (χ2n) is 7.60. The summed E-state index contributed by atoms with van der Waals surface area (Å²) in [4.78, 5) is 27.7. The molecule has 1 amide bonds. The van der Waals surface area contributed by atoms with E-state index in [1.807, 2.05) is 50.2 Å². The van der Waals surface area contributed by atoms with Crippen molar-refractivity contribution < 1.29 is 14.3 Å². The first-order valence-electron chi connectivity index (χ1n) is 10.2. The van der Waals surface area contributed by atoms with Crippen LogP contribution in [0.1, 0.15) is 23.9 Å². The van der Waals surface area contributed by atoms with E-state index in [1.54, 1.807) is 37.3 Å². The number of rotatable bonds is 4. The number of carbonyl (C=O) groups is 2. The van der Waals surface area contributed by atoms with Crippen molar-refractivity contribution in [3.05, 3.63) is 99.5 Å². The Labute approximate surface area is 192 Å². The van der Waals surface area contributed by atoms with Gasteiger partial charge in [0.1, 0.15) is 0 Å². The summed E-state index contributed by atoms with van der Waals surface area (Å²) in [5.74, 6) is -0.881. The third-order valence-corrected chi connectivity index (χ3v) is 5.99. The molecule has 0 atom stereocenters. The summed E-state index contributed by atoms with van der Waals surface area (Å²) in [7, 11) is 1.31. The van der Waals surface area contributed by atoms with Crippen LogP contribution in [0.25, 0.3) is 11.8 Å². The number of anilines is 1. The first kappa shape index (κ1) is 21.7. The van der Waals surface area contributed by atoms with Crippen LogP contribution in [-0.4, -0.2) is 23.6 Å². The lowest BCUT2D eigenvalue weighted by molar-refractivity contribution is -0.136. The second-order valence-corrected chi connectivity index (χ2v) is 8.01. The number of allylic oxidation sites excluding steroid dienone is 1. The Morgan fingerprint density at radius 2 is 1.66 bits per heavy atom. The van der Waals surface area contributed by atoms with Crippen LogP contribution < -0.4 is 4.90 Å². The van der Waals surface area contributed by atoms with Gasteiger partial charge in [0.2, 0.25) is 0 Å². The number of nitrogens with zero attached hydrogens (tertiary/aromatic N) is 2. The Kier molecular flexibility index (Phi) is 5.76. The van der Waals surface area contributed by atoms with E-state index in [1.165, 1.54) is 12.0 Å². The average molecular weight is 447 g/mol. The van der Waals surface area contributed by atoms with Crippen molar-refractivity contribution >= 4 is 35.2 Å². The van der Waals surface area contributed by atoms with Crippen molar-refractivity contribution in [2.24, 2.45) is 0 Å². The molecular weight excluding hydrogens is 424 g/mol. The largest absolute Gasteiger partial charge is 0.465 e. The van der Waals surface area contributed by atoms with Gasteiger partial charge in [-0.1, -0.05) is 41.9 Å². The van der Waals surface area contributed by atoms with Gasteiger partial charge in [-0.05, 0) is 62.7 Å². The standard InChI is InChI=1S/C26H23ClN2O3/c1-16-14-19(17(2)28(16)20-10-6-5-7-11-20)15-21-24(26(31)32-4)18(3)29(25(21)30)23-13-9-8-12-22(23)27/h5-15H,1-4H3/b21-15-. The second kappa shape index (κ2) is 8.52. The topological polar surface area (TPSA) is 51.5 Å². The van der Waals surface area contributed by atoms with Gasteiger partial charge in [0.15, 0.2) is 0 Å². The Morgan fingerprint density at radius 1 is 1.00 bits per heavy atom. The number of carbonyl (C=O) groups excluding carboxylic acids is 2. The SMILES string of the molecule is COC(=O)C1=C(C)N(c2ccccc2Cl)C(=O)/C1=C\c1cc(C)n(-c2ccccc2)c1C. The lowest BCUT2D eigenvalue weighted by atomic mass is 10.0. The molecule has 0 radical (unpaired) electrons. The van der Waals surface area contributed by atoms with E-state index in [0.29, 0.717) is 16.4 Å². The molecule has 0 N–H and O–H groups in total. The molecule has 2 heterocycles. The minimum Gasteiger partial charge on any atom is -0.465 e. The fourth-order valence-electron chi connectivity index (χ4n) is 4.17. The highest BCUT2D eigenvalue weighted by atomic mass is 35.5. The molecule has 3 aromatic rings. The molecule has 162 valence electrons. The van der Waals surface area contributed by atoms with Gasteiger partial charge in [0, 0.05) is 22.8 Å². The Morgan fingerprint density at radius 3 is 2.31 bits per heavy atom. The number of methoxy groups -OCH3 is 1. The van der Waals surface area contributed by atoms with E-state index in [0.717, 1.165) is 22.6 Å². The van der Waals surface area contributed by atoms with Crippen LogP contribution in [0, 0.1) is 13.8 Å². The average Bonchev–Trinajstić information content (AvgIpc) is 3.20. The van der Waals surface area contributed by atoms with Crippen LogP contribution >= 0.6 is 11.6 Å². The lowest BCUT2D eigenvalue weighted by Gasteiger charge is -2.19. The van der Waals surface area contributed by atoms with Crippen molar-refractivity contribution in [2.45, 2.75) is 20.8 Å². The summed E-state index contributed by atoms with van der Waals surface area (Å²) >= 11 is 6.37. The van der Waals surface area contributed by atoms with E-state index in [-0.39, 0.29) is 17.1 Å².